The van der Waals surface area contributed by atoms with E-state index in [9.17, 15) is 5.11 Å². The predicted octanol–water partition coefficient (Wildman–Crippen LogP) is 3.13. The standard InChI is InChI=1S/C11H9BrClN3O/c12-8-5-14-11(13)16-10(8)15-9-4-2-1-3-7(9)6-17/h1-5,17H,6H2,(H,14,15,16). The van der Waals surface area contributed by atoms with Gasteiger partial charge in [0.15, 0.2) is 0 Å². The van der Waals surface area contributed by atoms with Crippen LogP contribution in [-0.4, -0.2) is 15.1 Å². The molecule has 17 heavy (non-hydrogen) atoms. The number of anilines is 2. The molecule has 0 aliphatic heterocycles. The van der Waals surface area contributed by atoms with Crippen molar-refractivity contribution in [1.82, 2.24) is 9.97 Å². The van der Waals surface area contributed by atoms with E-state index in [1.165, 1.54) is 0 Å². The first-order valence-electron chi connectivity index (χ1n) is 4.84. The highest BCUT2D eigenvalue weighted by atomic mass is 79.9. The van der Waals surface area contributed by atoms with Gasteiger partial charge in [-0.3, -0.25) is 0 Å². The second kappa shape index (κ2) is 5.44. The van der Waals surface area contributed by atoms with Crippen LogP contribution >= 0.6 is 27.5 Å². The third kappa shape index (κ3) is 2.94. The van der Waals surface area contributed by atoms with Crippen LogP contribution in [0.25, 0.3) is 0 Å². The van der Waals surface area contributed by atoms with Crippen molar-refractivity contribution in [3.63, 3.8) is 0 Å². The minimum Gasteiger partial charge on any atom is -0.392 e. The number of rotatable bonds is 3. The number of aliphatic hydroxyl groups is 1. The minimum atomic E-state index is -0.0421. The Morgan fingerprint density at radius 3 is 2.88 bits per heavy atom. The van der Waals surface area contributed by atoms with Crippen molar-refractivity contribution >= 4 is 39.0 Å². The van der Waals surface area contributed by atoms with Gasteiger partial charge in [-0.25, -0.2) is 4.98 Å². The number of benzene rings is 1. The highest BCUT2D eigenvalue weighted by Crippen LogP contribution is 2.26. The van der Waals surface area contributed by atoms with Crippen LogP contribution in [0.5, 0.6) is 0 Å². The van der Waals surface area contributed by atoms with Gasteiger partial charge in [-0.2, -0.15) is 4.98 Å². The first kappa shape index (κ1) is 12.3. The molecule has 6 heteroatoms. The van der Waals surface area contributed by atoms with Crippen LogP contribution in [0.2, 0.25) is 5.28 Å². The van der Waals surface area contributed by atoms with Crippen molar-refractivity contribution in [2.24, 2.45) is 0 Å². The minimum absolute atomic E-state index is 0.0421. The Hall–Kier alpha value is -1.17. The summed E-state index contributed by atoms with van der Waals surface area (Å²) in [5.41, 5.74) is 1.57. The molecular weight excluding hydrogens is 305 g/mol. The van der Waals surface area contributed by atoms with Gasteiger partial charge >= 0.3 is 0 Å². The lowest BCUT2D eigenvalue weighted by Gasteiger charge is -2.10. The molecule has 2 aromatic rings. The van der Waals surface area contributed by atoms with Crippen LogP contribution in [-0.2, 0) is 6.61 Å². The van der Waals surface area contributed by atoms with E-state index in [-0.39, 0.29) is 11.9 Å². The van der Waals surface area contributed by atoms with E-state index < -0.39 is 0 Å². The summed E-state index contributed by atoms with van der Waals surface area (Å²) in [5.74, 6) is 0.561. The Morgan fingerprint density at radius 2 is 2.12 bits per heavy atom. The average Bonchev–Trinajstić information content (AvgIpc) is 2.34. The van der Waals surface area contributed by atoms with Crippen molar-refractivity contribution in [3.05, 3.63) is 45.8 Å². The van der Waals surface area contributed by atoms with Crippen LogP contribution in [0, 0.1) is 0 Å². The summed E-state index contributed by atoms with van der Waals surface area (Å²) in [6.45, 7) is -0.0421. The van der Waals surface area contributed by atoms with Crippen LogP contribution in [0.3, 0.4) is 0 Å². The maximum absolute atomic E-state index is 9.21. The zero-order valence-corrected chi connectivity index (χ0v) is 11.0. The molecule has 1 aromatic heterocycles. The SMILES string of the molecule is OCc1ccccc1Nc1nc(Cl)ncc1Br. The van der Waals surface area contributed by atoms with E-state index >= 15 is 0 Å². The van der Waals surface area contributed by atoms with Gasteiger partial charge in [0.2, 0.25) is 5.28 Å². The van der Waals surface area contributed by atoms with E-state index in [0.29, 0.717) is 10.3 Å². The Labute approximate surface area is 112 Å². The molecule has 0 amide bonds. The maximum atomic E-state index is 9.21. The summed E-state index contributed by atoms with van der Waals surface area (Å²) in [6.07, 6.45) is 1.57. The Bertz CT molecular complexity index is 536. The quantitative estimate of drug-likeness (QED) is 0.855. The third-order valence-electron chi connectivity index (χ3n) is 2.16. The number of nitrogens with one attached hydrogen (secondary N) is 1. The summed E-state index contributed by atoms with van der Waals surface area (Å²) >= 11 is 9.05. The molecular formula is C11H9BrClN3O. The molecule has 88 valence electrons. The first-order valence-corrected chi connectivity index (χ1v) is 6.01. The number of aliphatic hydroxyl groups excluding tert-OH is 1. The Kier molecular flexibility index (Phi) is 3.93. The van der Waals surface area contributed by atoms with Gasteiger partial charge in [0, 0.05) is 17.4 Å². The van der Waals surface area contributed by atoms with Gasteiger partial charge in [0.05, 0.1) is 11.1 Å². The van der Waals surface area contributed by atoms with E-state index in [1.807, 2.05) is 24.3 Å². The molecule has 1 aromatic carbocycles. The molecule has 0 unspecified atom stereocenters. The average molecular weight is 315 g/mol. The van der Waals surface area contributed by atoms with E-state index in [4.69, 9.17) is 11.6 Å². The first-order chi connectivity index (χ1) is 8.20. The number of nitrogens with zero attached hydrogens (tertiary/aromatic N) is 2. The topological polar surface area (TPSA) is 58.0 Å². The molecule has 0 spiro atoms. The van der Waals surface area contributed by atoms with Crippen molar-refractivity contribution in [2.75, 3.05) is 5.32 Å². The molecule has 0 aliphatic carbocycles. The van der Waals surface area contributed by atoms with E-state index in [1.54, 1.807) is 6.20 Å². The van der Waals surface area contributed by atoms with E-state index in [0.717, 1.165) is 11.3 Å². The highest BCUT2D eigenvalue weighted by Gasteiger charge is 2.06. The molecule has 0 atom stereocenters. The summed E-state index contributed by atoms with van der Waals surface area (Å²) in [4.78, 5) is 7.90. The molecule has 0 radical (unpaired) electrons. The molecule has 0 saturated carbocycles. The van der Waals surface area contributed by atoms with Crippen molar-refractivity contribution in [1.29, 1.82) is 0 Å². The second-order valence-electron chi connectivity index (χ2n) is 3.28. The maximum Gasteiger partial charge on any atom is 0.224 e. The molecule has 0 saturated heterocycles. The molecule has 0 aliphatic rings. The fourth-order valence-electron chi connectivity index (χ4n) is 1.34. The monoisotopic (exact) mass is 313 g/mol. The number of hydrogen-bond donors (Lipinski definition) is 2. The third-order valence-corrected chi connectivity index (χ3v) is 2.92. The van der Waals surface area contributed by atoms with Crippen molar-refractivity contribution in [2.45, 2.75) is 6.61 Å². The van der Waals surface area contributed by atoms with Gasteiger partial charge in [-0.1, -0.05) is 18.2 Å². The number of para-hydroxylation sites is 1. The molecule has 2 rings (SSSR count). The van der Waals surface area contributed by atoms with Gasteiger partial charge in [0.1, 0.15) is 5.82 Å². The molecule has 2 N–H and O–H groups in total. The summed E-state index contributed by atoms with van der Waals surface area (Å²) in [7, 11) is 0. The fourth-order valence-corrected chi connectivity index (χ4v) is 1.76. The van der Waals surface area contributed by atoms with Crippen LogP contribution in [0.4, 0.5) is 11.5 Å². The van der Waals surface area contributed by atoms with Gasteiger partial charge in [-0.15, -0.1) is 0 Å². The number of aromatic nitrogens is 2. The van der Waals surface area contributed by atoms with Crippen LogP contribution in [0.15, 0.2) is 34.9 Å². The number of hydrogen-bond acceptors (Lipinski definition) is 4. The lowest BCUT2D eigenvalue weighted by molar-refractivity contribution is 0.282. The normalized spacial score (nSPS) is 10.3. The molecule has 0 bridgehead atoms. The Balaban J connectivity index is 2.34. The largest absolute Gasteiger partial charge is 0.392 e. The molecule has 1 heterocycles. The fraction of sp³-hybridized carbons (Fsp3) is 0.0909. The summed E-state index contributed by atoms with van der Waals surface area (Å²) in [6, 6.07) is 7.42. The lowest BCUT2D eigenvalue weighted by atomic mass is 10.2. The van der Waals surface area contributed by atoms with Crippen LogP contribution < -0.4 is 5.32 Å². The molecule has 4 nitrogen and oxygen atoms in total. The van der Waals surface area contributed by atoms with Gasteiger partial charge in [-0.05, 0) is 33.6 Å². The second-order valence-corrected chi connectivity index (χ2v) is 4.47. The number of halogens is 2. The summed E-state index contributed by atoms with van der Waals surface area (Å²) < 4.78 is 0.703. The summed E-state index contributed by atoms with van der Waals surface area (Å²) in [5, 5.41) is 12.5. The lowest BCUT2D eigenvalue weighted by Crippen LogP contribution is -1.99. The molecule has 0 fully saturated rings. The Morgan fingerprint density at radius 1 is 1.35 bits per heavy atom. The van der Waals surface area contributed by atoms with E-state index in [2.05, 4.69) is 31.2 Å². The van der Waals surface area contributed by atoms with Crippen LogP contribution in [0.1, 0.15) is 5.56 Å². The zero-order valence-electron chi connectivity index (χ0n) is 8.69. The predicted molar refractivity (Wildman–Crippen MR) is 70.4 cm³/mol. The zero-order chi connectivity index (χ0) is 12.3. The van der Waals surface area contributed by atoms with Gasteiger partial charge < -0.3 is 10.4 Å². The van der Waals surface area contributed by atoms with Gasteiger partial charge in [0.25, 0.3) is 0 Å². The smallest absolute Gasteiger partial charge is 0.224 e. The van der Waals surface area contributed by atoms with Crippen molar-refractivity contribution in [3.8, 4) is 0 Å². The highest BCUT2D eigenvalue weighted by molar-refractivity contribution is 9.10. The van der Waals surface area contributed by atoms with Crippen molar-refractivity contribution < 1.29 is 5.11 Å².